The third-order valence-electron chi connectivity index (χ3n) is 4.40. The minimum Gasteiger partial charge on any atom is -0.469 e. The molecule has 3 rings (SSSR count). The van der Waals surface area contributed by atoms with Gasteiger partial charge in [-0.3, -0.25) is 4.99 Å². The molecule has 0 aliphatic heterocycles. The van der Waals surface area contributed by atoms with E-state index in [0.29, 0.717) is 19.0 Å². The average molecular weight is 377 g/mol. The third-order valence-corrected chi connectivity index (χ3v) is 4.40. The van der Waals surface area contributed by atoms with E-state index in [1.807, 2.05) is 60.7 Å². The Morgan fingerprint density at radius 2 is 1.54 bits per heavy atom. The molecule has 5 nitrogen and oxygen atoms in total. The van der Waals surface area contributed by atoms with Crippen LogP contribution >= 0.6 is 0 Å². The highest BCUT2D eigenvalue weighted by Crippen LogP contribution is 2.11. The second-order valence-corrected chi connectivity index (χ2v) is 6.53. The lowest BCUT2D eigenvalue weighted by Gasteiger charge is -2.14. The molecule has 0 amide bonds. The van der Waals surface area contributed by atoms with E-state index in [2.05, 4.69) is 27.8 Å². The van der Waals surface area contributed by atoms with Crippen LogP contribution in [0.4, 0.5) is 0 Å². The molecule has 1 atom stereocenters. The Balaban J connectivity index is 1.54. The summed E-state index contributed by atoms with van der Waals surface area (Å²) in [4.78, 5) is 4.56. The molecule has 3 N–H and O–H groups in total. The summed E-state index contributed by atoms with van der Waals surface area (Å²) in [6.45, 7) is 1.76. The fourth-order valence-corrected chi connectivity index (χ4v) is 2.86. The number of benzene rings is 2. The summed E-state index contributed by atoms with van der Waals surface area (Å²) in [5, 5.41) is 17.0. The summed E-state index contributed by atoms with van der Waals surface area (Å²) in [7, 11) is 0. The van der Waals surface area contributed by atoms with E-state index in [1.54, 1.807) is 6.26 Å². The standard InChI is InChI=1S/C23H27N3O2/c27-22(20-10-5-2-6-11-20)18-26-23(25-16-14-21-12-7-17-28-21)24-15-13-19-8-3-1-4-9-19/h1-12,17,22,27H,13-16,18H2,(H2,24,25,26). The lowest BCUT2D eigenvalue weighted by Crippen LogP contribution is -2.39. The van der Waals surface area contributed by atoms with Gasteiger partial charge in [0.1, 0.15) is 5.76 Å². The Kier molecular flexibility index (Phi) is 7.70. The maximum absolute atomic E-state index is 10.4. The molecule has 28 heavy (non-hydrogen) atoms. The van der Waals surface area contributed by atoms with Gasteiger partial charge in [0.2, 0.25) is 0 Å². The van der Waals surface area contributed by atoms with Gasteiger partial charge in [0.25, 0.3) is 0 Å². The molecule has 0 aliphatic rings. The first kappa shape index (κ1) is 19.7. The van der Waals surface area contributed by atoms with Gasteiger partial charge in [-0.05, 0) is 29.7 Å². The van der Waals surface area contributed by atoms with Gasteiger partial charge < -0.3 is 20.2 Å². The monoisotopic (exact) mass is 377 g/mol. The van der Waals surface area contributed by atoms with E-state index < -0.39 is 6.10 Å². The van der Waals surface area contributed by atoms with Crippen molar-refractivity contribution in [3.05, 3.63) is 95.9 Å². The normalized spacial score (nSPS) is 12.5. The second-order valence-electron chi connectivity index (χ2n) is 6.53. The van der Waals surface area contributed by atoms with E-state index in [4.69, 9.17) is 4.42 Å². The Bertz CT molecular complexity index is 818. The van der Waals surface area contributed by atoms with E-state index >= 15 is 0 Å². The summed E-state index contributed by atoms with van der Waals surface area (Å²) >= 11 is 0. The van der Waals surface area contributed by atoms with Crippen molar-refractivity contribution >= 4 is 5.96 Å². The number of hydrogen-bond donors (Lipinski definition) is 3. The van der Waals surface area contributed by atoms with Crippen molar-refractivity contribution < 1.29 is 9.52 Å². The van der Waals surface area contributed by atoms with Crippen LogP contribution in [0.5, 0.6) is 0 Å². The van der Waals surface area contributed by atoms with Gasteiger partial charge in [-0.25, -0.2) is 0 Å². The minimum absolute atomic E-state index is 0.297. The molecule has 0 radical (unpaired) electrons. The topological polar surface area (TPSA) is 69.8 Å². The summed E-state index contributed by atoms with van der Waals surface area (Å²) in [5.74, 6) is 1.62. The molecule has 1 unspecified atom stereocenters. The summed E-state index contributed by atoms with van der Waals surface area (Å²) in [6, 6.07) is 23.8. The van der Waals surface area contributed by atoms with E-state index in [1.165, 1.54) is 5.56 Å². The van der Waals surface area contributed by atoms with E-state index in [9.17, 15) is 5.11 Å². The number of aliphatic hydroxyl groups is 1. The highest BCUT2D eigenvalue weighted by Gasteiger charge is 2.07. The first-order valence-corrected chi connectivity index (χ1v) is 9.63. The van der Waals surface area contributed by atoms with Crippen LogP contribution in [0.1, 0.15) is 23.0 Å². The Morgan fingerprint density at radius 3 is 2.21 bits per heavy atom. The molecule has 1 heterocycles. The lowest BCUT2D eigenvalue weighted by atomic mass is 10.1. The molecule has 3 aromatic rings. The van der Waals surface area contributed by atoms with Gasteiger partial charge in [0.15, 0.2) is 5.96 Å². The average Bonchev–Trinajstić information content (AvgIpc) is 3.26. The van der Waals surface area contributed by atoms with Crippen molar-refractivity contribution in [2.24, 2.45) is 4.99 Å². The van der Waals surface area contributed by atoms with Crippen LogP contribution < -0.4 is 10.6 Å². The molecular formula is C23H27N3O2. The molecule has 0 fully saturated rings. The summed E-state index contributed by atoms with van der Waals surface area (Å²) in [6.07, 6.45) is 2.73. The minimum atomic E-state index is -0.626. The quantitative estimate of drug-likeness (QED) is 0.395. The number of aliphatic hydroxyl groups excluding tert-OH is 1. The zero-order valence-corrected chi connectivity index (χ0v) is 15.9. The van der Waals surface area contributed by atoms with E-state index in [-0.39, 0.29) is 0 Å². The van der Waals surface area contributed by atoms with Crippen molar-refractivity contribution in [1.82, 2.24) is 10.6 Å². The molecule has 0 spiro atoms. The van der Waals surface area contributed by atoms with Crippen LogP contribution in [0.2, 0.25) is 0 Å². The van der Waals surface area contributed by atoms with Crippen molar-refractivity contribution in [3.8, 4) is 0 Å². The number of furan rings is 1. The van der Waals surface area contributed by atoms with Crippen molar-refractivity contribution in [1.29, 1.82) is 0 Å². The fraction of sp³-hybridized carbons (Fsp3) is 0.261. The van der Waals surface area contributed by atoms with Crippen LogP contribution in [0.3, 0.4) is 0 Å². The largest absolute Gasteiger partial charge is 0.469 e. The number of nitrogens with one attached hydrogen (secondary N) is 2. The Morgan fingerprint density at radius 1 is 0.857 bits per heavy atom. The number of rotatable bonds is 9. The van der Waals surface area contributed by atoms with Gasteiger partial charge >= 0.3 is 0 Å². The molecule has 5 heteroatoms. The first-order chi connectivity index (χ1) is 13.8. The molecule has 1 aromatic heterocycles. The predicted octanol–water partition coefficient (Wildman–Crippen LogP) is 3.33. The zero-order chi connectivity index (χ0) is 19.4. The molecular weight excluding hydrogens is 350 g/mol. The molecule has 146 valence electrons. The van der Waals surface area contributed by atoms with Crippen molar-refractivity contribution in [3.63, 3.8) is 0 Å². The second kappa shape index (κ2) is 10.9. The molecule has 0 saturated carbocycles. The molecule has 0 bridgehead atoms. The van der Waals surface area contributed by atoms with Crippen molar-refractivity contribution in [2.75, 3.05) is 19.6 Å². The summed E-state index contributed by atoms with van der Waals surface area (Å²) < 4.78 is 5.37. The highest BCUT2D eigenvalue weighted by molar-refractivity contribution is 5.79. The van der Waals surface area contributed by atoms with Crippen molar-refractivity contribution in [2.45, 2.75) is 18.9 Å². The molecule has 0 saturated heterocycles. The zero-order valence-electron chi connectivity index (χ0n) is 15.9. The van der Waals surface area contributed by atoms with Gasteiger partial charge in [0.05, 0.1) is 18.9 Å². The number of guanidine groups is 1. The Hall–Kier alpha value is -3.05. The fourth-order valence-electron chi connectivity index (χ4n) is 2.86. The third kappa shape index (κ3) is 6.59. The predicted molar refractivity (Wildman–Crippen MR) is 112 cm³/mol. The van der Waals surface area contributed by atoms with Crippen LogP contribution in [0.25, 0.3) is 0 Å². The van der Waals surface area contributed by atoms with Crippen LogP contribution in [0, 0.1) is 0 Å². The molecule has 2 aromatic carbocycles. The molecule has 0 aliphatic carbocycles. The number of hydrogen-bond acceptors (Lipinski definition) is 3. The first-order valence-electron chi connectivity index (χ1n) is 9.63. The van der Waals surface area contributed by atoms with Crippen LogP contribution in [-0.2, 0) is 12.8 Å². The maximum Gasteiger partial charge on any atom is 0.191 e. The lowest BCUT2D eigenvalue weighted by molar-refractivity contribution is 0.187. The van der Waals surface area contributed by atoms with Gasteiger partial charge in [-0.2, -0.15) is 0 Å². The maximum atomic E-state index is 10.4. The van der Waals surface area contributed by atoms with Gasteiger partial charge in [-0.1, -0.05) is 60.7 Å². The number of nitrogens with zero attached hydrogens (tertiary/aromatic N) is 1. The highest BCUT2D eigenvalue weighted by atomic mass is 16.3. The van der Waals surface area contributed by atoms with Crippen LogP contribution in [-0.4, -0.2) is 30.7 Å². The summed E-state index contributed by atoms with van der Waals surface area (Å²) in [5.41, 5.74) is 2.14. The number of aliphatic imine (C=N–C) groups is 1. The van der Waals surface area contributed by atoms with E-state index in [0.717, 1.165) is 30.7 Å². The van der Waals surface area contributed by atoms with Gasteiger partial charge in [0, 0.05) is 19.5 Å². The Labute approximate surface area is 166 Å². The van der Waals surface area contributed by atoms with Crippen LogP contribution in [0.15, 0.2) is 88.5 Å². The smallest absolute Gasteiger partial charge is 0.191 e. The van der Waals surface area contributed by atoms with Gasteiger partial charge in [-0.15, -0.1) is 0 Å². The SMILES string of the molecule is OC(CN=C(NCCc1ccccc1)NCCc1ccco1)c1ccccc1.